The van der Waals surface area contributed by atoms with E-state index in [0.29, 0.717) is 17.7 Å². The highest BCUT2D eigenvalue weighted by atomic mass is 16.5. The highest BCUT2D eigenvalue weighted by Gasteiger charge is 2.32. The minimum Gasteiger partial charge on any atom is -0.458 e. The Labute approximate surface area is 185 Å². The van der Waals surface area contributed by atoms with Gasteiger partial charge in [-0.1, -0.05) is 31.4 Å². The summed E-state index contributed by atoms with van der Waals surface area (Å²) in [7, 11) is 4.04. The van der Waals surface area contributed by atoms with Gasteiger partial charge in [-0.25, -0.2) is 4.79 Å². The van der Waals surface area contributed by atoms with Gasteiger partial charge in [0.15, 0.2) is 5.78 Å². The molecule has 4 rings (SSSR count). The standard InChI is InChI=1S/C26H34N2O3/c1-17-24-22(27-25(17)26(30)31-21-9-7-5-4-6-8-10-21)15-19(16-23(24)29)18-11-13-20(14-12-18)28(2)3/h11-14,19,21,27H,4-10,15-16H2,1-3H3. The van der Waals surface area contributed by atoms with Gasteiger partial charge in [-0.05, 0) is 68.2 Å². The van der Waals surface area contributed by atoms with Crippen LogP contribution in [0.1, 0.15) is 95.0 Å². The van der Waals surface area contributed by atoms with E-state index >= 15 is 0 Å². The van der Waals surface area contributed by atoms with E-state index in [4.69, 9.17) is 4.74 Å². The summed E-state index contributed by atoms with van der Waals surface area (Å²) in [6, 6.07) is 8.40. The van der Waals surface area contributed by atoms with Crippen LogP contribution in [0.4, 0.5) is 5.69 Å². The van der Waals surface area contributed by atoms with Gasteiger partial charge < -0.3 is 14.6 Å². The van der Waals surface area contributed by atoms with Crippen LogP contribution in [0, 0.1) is 6.92 Å². The van der Waals surface area contributed by atoms with Gasteiger partial charge in [0.1, 0.15) is 11.8 Å². The van der Waals surface area contributed by atoms with E-state index in [-0.39, 0.29) is 23.8 Å². The molecule has 1 atom stereocenters. The van der Waals surface area contributed by atoms with E-state index < -0.39 is 0 Å². The number of carbonyl (C=O) groups is 2. The first-order chi connectivity index (χ1) is 14.9. The second-order valence-corrected chi connectivity index (χ2v) is 9.37. The molecule has 1 aromatic heterocycles. The lowest BCUT2D eigenvalue weighted by Gasteiger charge is -2.23. The number of ketones is 1. The molecule has 0 radical (unpaired) electrons. The predicted molar refractivity (Wildman–Crippen MR) is 123 cm³/mol. The fourth-order valence-corrected chi connectivity index (χ4v) is 5.06. The molecule has 2 aliphatic carbocycles. The third-order valence-electron chi connectivity index (χ3n) is 6.90. The average molecular weight is 423 g/mol. The zero-order valence-electron chi connectivity index (χ0n) is 19.0. The number of esters is 1. The summed E-state index contributed by atoms with van der Waals surface area (Å²) in [5.74, 6) is -0.0670. The largest absolute Gasteiger partial charge is 0.458 e. The van der Waals surface area contributed by atoms with Crippen LogP contribution in [0.25, 0.3) is 0 Å². The lowest BCUT2D eigenvalue weighted by atomic mass is 9.81. The molecule has 166 valence electrons. The molecule has 1 fully saturated rings. The molecule has 2 aliphatic rings. The summed E-state index contributed by atoms with van der Waals surface area (Å²) < 4.78 is 5.87. The van der Waals surface area contributed by atoms with Gasteiger partial charge in [0.05, 0.1) is 0 Å². The Hall–Kier alpha value is -2.56. The van der Waals surface area contributed by atoms with E-state index in [0.717, 1.165) is 54.6 Å². The van der Waals surface area contributed by atoms with Gasteiger partial charge in [-0.3, -0.25) is 4.79 Å². The molecule has 2 aromatic rings. The number of nitrogens with zero attached hydrogens (tertiary/aromatic N) is 1. The minimum absolute atomic E-state index is 0.00816. The highest BCUT2D eigenvalue weighted by molar-refractivity contribution is 6.03. The van der Waals surface area contributed by atoms with E-state index in [2.05, 4.69) is 34.1 Å². The molecule has 1 heterocycles. The van der Waals surface area contributed by atoms with Crippen molar-refractivity contribution in [2.24, 2.45) is 0 Å². The van der Waals surface area contributed by atoms with Crippen molar-refractivity contribution in [3.8, 4) is 0 Å². The molecule has 1 aromatic carbocycles. The number of anilines is 1. The Morgan fingerprint density at radius 3 is 2.29 bits per heavy atom. The Balaban J connectivity index is 1.51. The maximum atomic E-state index is 13.0. The maximum absolute atomic E-state index is 13.0. The quantitative estimate of drug-likeness (QED) is 0.654. The zero-order chi connectivity index (χ0) is 22.0. The first kappa shape index (κ1) is 21.7. The fraction of sp³-hybridized carbons (Fsp3) is 0.538. The highest BCUT2D eigenvalue weighted by Crippen LogP contribution is 2.36. The normalized spacial score (nSPS) is 20.0. The van der Waals surface area contributed by atoms with E-state index in [1.54, 1.807) is 0 Å². The molecule has 0 bridgehead atoms. The van der Waals surface area contributed by atoms with Crippen LogP contribution < -0.4 is 4.90 Å². The molecule has 1 saturated carbocycles. The number of fused-ring (bicyclic) bond motifs is 1. The molecule has 31 heavy (non-hydrogen) atoms. The predicted octanol–water partition coefficient (Wildman–Crippen LogP) is 5.57. The van der Waals surface area contributed by atoms with E-state index in [9.17, 15) is 9.59 Å². The molecule has 0 aliphatic heterocycles. The van der Waals surface area contributed by atoms with Crippen molar-refractivity contribution in [1.82, 2.24) is 4.98 Å². The van der Waals surface area contributed by atoms with Crippen molar-refractivity contribution in [3.63, 3.8) is 0 Å². The summed E-state index contributed by atoms with van der Waals surface area (Å²) in [6.45, 7) is 1.87. The number of H-pyrrole nitrogens is 1. The topological polar surface area (TPSA) is 62.4 Å². The monoisotopic (exact) mass is 422 g/mol. The second-order valence-electron chi connectivity index (χ2n) is 9.37. The average Bonchev–Trinajstić information content (AvgIpc) is 3.07. The van der Waals surface area contributed by atoms with Gasteiger partial charge in [0.2, 0.25) is 0 Å². The van der Waals surface area contributed by atoms with Crippen LogP contribution in [-0.2, 0) is 11.2 Å². The molecule has 5 nitrogen and oxygen atoms in total. The number of aromatic nitrogens is 1. The molecule has 1 N–H and O–H groups in total. The summed E-state index contributed by atoms with van der Waals surface area (Å²) >= 11 is 0. The van der Waals surface area contributed by atoms with E-state index in [1.165, 1.54) is 19.3 Å². The van der Waals surface area contributed by atoms with Crippen molar-refractivity contribution >= 4 is 17.4 Å². The Bertz CT molecular complexity index is 934. The number of Topliss-reactive ketones (excluding diaryl/α,β-unsaturated/α-hetero) is 1. The second kappa shape index (κ2) is 9.29. The molecule has 1 unspecified atom stereocenters. The first-order valence-electron chi connectivity index (χ1n) is 11.7. The molecule has 0 amide bonds. The summed E-state index contributed by atoms with van der Waals surface area (Å²) in [6.07, 6.45) is 9.03. The summed E-state index contributed by atoms with van der Waals surface area (Å²) in [5, 5.41) is 0. The Morgan fingerprint density at radius 1 is 1.00 bits per heavy atom. The summed E-state index contributed by atoms with van der Waals surface area (Å²) in [5.41, 5.74) is 5.09. The van der Waals surface area contributed by atoms with Crippen molar-refractivity contribution in [1.29, 1.82) is 0 Å². The van der Waals surface area contributed by atoms with Crippen molar-refractivity contribution in [3.05, 3.63) is 52.3 Å². The number of carbonyl (C=O) groups excluding carboxylic acids is 2. The van der Waals surface area contributed by atoms with Crippen molar-refractivity contribution in [2.75, 3.05) is 19.0 Å². The Morgan fingerprint density at radius 2 is 1.65 bits per heavy atom. The molecule has 0 spiro atoms. The zero-order valence-corrected chi connectivity index (χ0v) is 19.0. The molecule has 0 saturated heterocycles. The van der Waals surface area contributed by atoms with Crippen LogP contribution in [0.3, 0.4) is 0 Å². The lowest BCUT2D eigenvalue weighted by molar-refractivity contribution is 0.0232. The van der Waals surface area contributed by atoms with Crippen LogP contribution in [0.2, 0.25) is 0 Å². The van der Waals surface area contributed by atoms with E-state index in [1.807, 2.05) is 21.0 Å². The number of ether oxygens (including phenoxy) is 1. The number of hydrogen-bond donors (Lipinski definition) is 1. The third-order valence-corrected chi connectivity index (χ3v) is 6.90. The van der Waals surface area contributed by atoms with Crippen LogP contribution in [0.5, 0.6) is 0 Å². The maximum Gasteiger partial charge on any atom is 0.355 e. The molecular formula is C26H34N2O3. The lowest BCUT2D eigenvalue weighted by Crippen LogP contribution is -2.20. The van der Waals surface area contributed by atoms with Gasteiger partial charge in [0, 0.05) is 37.5 Å². The molecule has 5 heteroatoms. The third kappa shape index (κ3) is 4.70. The Kier molecular flexibility index (Phi) is 6.49. The van der Waals surface area contributed by atoms with Gasteiger partial charge in [-0.15, -0.1) is 0 Å². The number of aromatic amines is 1. The van der Waals surface area contributed by atoms with Gasteiger partial charge in [-0.2, -0.15) is 0 Å². The number of nitrogens with one attached hydrogen (secondary N) is 1. The van der Waals surface area contributed by atoms with Crippen molar-refractivity contribution in [2.45, 2.75) is 76.7 Å². The minimum atomic E-state index is -0.308. The van der Waals surface area contributed by atoms with Crippen LogP contribution in [-0.4, -0.2) is 36.9 Å². The van der Waals surface area contributed by atoms with Gasteiger partial charge >= 0.3 is 5.97 Å². The SMILES string of the molecule is Cc1c(C(=O)OC2CCCCCCC2)[nH]c2c1C(=O)CC(c1ccc(N(C)C)cc1)C2. The van der Waals surface area contributed by atoms with Gasteiger partial charge in [0.25, 0.3) is 0 Å². The number of hydrogen-bond acceptors (Lipinski definition) is 4. The summed E-state index contributed by atoms with van der Waals surface area (Å²) in [4.78, 5) is 31.3. The molecular weight excluding hydrogens is 388 g/mol. The number of rotatable bonds is 4. The fourth-order valence-electron chi connectivity index (χ4n) is 5.06. The smallest absolute Gasteiger partial charge is 0.355 e. The number of benzene rings is 1. The van der Waals surface area contributed by atoms with Crippen LogP contribution in [0.15, 0.2) is 24.3 Å². The first-order valence-corrected chi connectivity index (χ1v) is 11.7. The van der Waals surface area contributed by atoms with Crippen molar-refractivity contribution < 1.29 is 14.3 Å². The van der Waals surface area contributed by atoms with Crippen LogP contribution >= 0.6 is 0 Å².